The summed E-state index contributed by atoms with van der Waals surface area (Å²) in [6, 6.07) is 8.21. The molecule has 1 aliphatic rings. The van der Waals surface area contributed by atoms with Crippen LogP contribution in [-0.4, -0.2) is 16.9 Å². The van der Waals surface area contributed by atoms with Crippen LogP contribution in [0.1, 0.15) is 62.5 Å². The number of carboxylic acids is 1. The third-order valence-corrected chi connectivity index (χ3v) is 4.99. The highest BCUT2D eigenvalue weighted by molar-refractivity contribution is 5.84. The zero-order valence-corrected chi connectivity index (χ0v) is 14.8. The summed E-state index contributed by atoms with van der Waals surface area (Å²) >= 11 is 0. The average Bonchev–Trinajstić information content (AvgIpc) is 2.96. The number of rotatable bonds is 10. The van der Waals surface area contributed by atoms with Crippen molar-refractivity contribution in [2.75, 3.05) is 0 Å². The minimum absolute atomic E-state index is 0.137. The van der Waals surface area contributed by atoms with E-state index in [1.165, 1.54) is 0 Å². The largest absolute Gasteiger partial charge is 0.481 e. The maximum absolute atomic E-state index is 12.2. The molecule has 2 atom stereocenters. The Morgan fingerprint density at radius 3 is 2.72 bits per heavy atom. The highest BCUT2D eigenvalue weighted by atomic mass is 16.4. The van der Waals surface area contributed by atoms with E-state index < -0.39 is 5.97 Å². The van der Waals surface area contributed by atoms with E-state index in [-0.39, 0.29) is 12.3 Å². The lowest BCUT2D eigenvalue weighted by Crippen LogP contribution is -2.13. The molecule has 25 heavy (non-hydrogen) atoms. The van der Waals surface area contributed by atoms with Gasteiger partial charge in [-0.2, -0.15) is 0 Å². The molecule has 0 heterocycles. The van der Waals surface area contributed by atoms with E-state index in [2.05, 4.69) is 30.9 Å². The Hall–Kier alpha value is -2.16. The summed E-state index contributed by atoms with van der Waals surface area (Å²) < 4.78 is 0. The van der Waals surface area contributed by atoms with E-state index in [4.69, 9.17) is 5.11 Å². The van der Waals surface area contributed by atoms with Gasteiger partial charge in [0.25, 0.3) is 0 Å². The van der Waals surface area contributed by atoms with Gasteiger partial charge >= 0.3 is 5.97 Å². The summed E-state index contributed by atoms with van der Waals surface area (Å²) in [5.41, 5.74) is 2.24. The minimum atomic E-state index is -0.725. The second-order valence-corrected chi connectivity index (χ2v) is 6.86. The second-order valence-electron chi connectivity index (χ2n) is 6.86. The van der Waals surface area contributed by atoms with Gasteiger partial charge in [-0.3, -0.25) is 9.59 Å². The molecule has 3 heteroatoms. The Balaban J connectivity index is 1.82. The molecule has 1 aromatic rings. The third-order valence-electron chi connectivity index (χ3n) is 4.99. The molecule has 1 N–H and O–H groups in total. The molecule has 0 saturated heterocycles. The molecule has 1 aliphatic carbocycles. The lowest BCUT2D eigenvalue weighted by Gasteiger charge is -2.14. The van der Waals surface area contributed by atoms with Gasteiger partial charge in [0.15, 0.2) is 0 Å². The molecular weight excluding hydrogens is 312 g/mol. The quantitative estimate of drug-likeness (QED) is 0.583. The smallest absolute Gasteiger partial charge is 0.303 e. The van der Waals surface area contributed by atoms with Crippen molar-refractivity contribution in [2.24, 2.45) is 11.8 Å². The fraction of sp³-hybridized carbons (Fsp3) is 0.455. The maximum Gasteiger partial charge on any atom is 0.303 e. The zero-order chi connectivity index (χ0) is 18.1. The number of Topliss-reactive ketones (excluding diaryl/α,β-unsaturated/α-hetero) is 1. The molecular formula is C22H28O3. The van der Waals surface area contributed by atoms with Crippen molar-refractivity contribution >= 4 is 23.9 Å². The van der Waals surface area contributed by atoms with E-state index in [1.807, 2.05) is 18.2 Å². The third kappa shape index (κ3) is 6.33. The predicted molar refractivity (Wildman–Crippen MR) is 102 cm³/mol. The highest BCUT2D eigenvalue weighted by Gasteiger charge is 2.32. The van der Waals surface area contributed by atoms with Gasteiger partial charge in [-0.25, -0.2) is 0 Å². The van der Waals surface area contributed by atoms with Crippen LogP contribution in [0.25, 0.3) is 12.2 Å². The minimum Gasteiger partial charge on any atom is -0.481 e. The summed E-state index contributed by atoms with van der Waals surface area (Å²) in [6.45, 7) is 3.79. The summed E-state index contributed by atoms with van der Waals surface area (Å²) in [5.74, 6) is 0.133. The Labute approximate surface area is 150 Å². The molecule has 0 radical (unpaired) electrons. The van der Waals surface area contributed by atoms with Gasteiger partial charge in [0.1, 0.15) is 5.78 Å². The first-order chi connectivity index (χ1) is 12.1. The van der Waals surface area contributed by atoms with Crippen molar-refractivity contribution in [3.8, 4) is 0 Å². The van der Waals surface area contributed by atoms with Crippen LogP contribution in [0.4, 0.5) is 0 Å². The number of hydrogen-bond donors (Lipinski definition) is 1. The number of carboxylic acid groups (broad SMARTS) is 1. The second kappa shape index (κ2) is 9.97. The Morgan fingerprint density at radius 1 is 1.20 bits per heavy atom. The van der Waals surface area contributed by atoms with Gasteiger partial charge in [0.2, 0.25) is 0 Å². The molecule has 1 fully saturated rings. The summed E-state index contributed by atoms with van der Waals surface area (Å²) in [5, 5.41) is 8.64. The van der Waals surface area contributed by atoms with Crippen molar-refractivity contribution in [1.82, 2.24) is 0 Å². The van der Waals surface area contributed by atoms with Crippen LogP contribution in [0.2, 0.25) is 0 Å². The molecule has 0 unspecified atom stereocenters. The van der Waals surface area contributed by atoms with Gasteiger partial charge < -0.3 is 5.11 Å². The Bertz CT molecular complexity index is 630. The summed E-state index contributed by atoms with van der Waals surface area (Å²) in [6.07, 6.45) is 12.6. The molecule has 134 valence electrons. The lowest BCUT2D eigenvalue weighted by molar-refractivity contribution is -0.137. The van der Waals surface area contributed by atoms with Gasteiger partial charge in [-0.1, -0.05) is 62.3 Å². The normalized spacial score (nSPS) is 20.2. The topological polar surface area (TPSA) is 54.4 Å². The van der Waals surface area contributed by atoms with Crippen molar-refractivity contribution in [3.05, 3.63) is 48.0 Å². The molecule has 0 bridgehead atoms. The molecule has 2 rings (SSSR count). The van der Waals surface area contributed by atoms with E-state index in [0.717, 1.165) is 49.7 Å². The van der Waals surface area contributed by atoms with Crippen LogP contribution in [-0.2, 0) is 9.59 Å². The molecule has 3 nitrogen and oxygen atoms in total. The van der Waals surface area contributed by atoms with Crippen molar-refractivity contribution in [1.29, 1.82) is 0 Å². The van der Waals surface area contributed by atoms with Crippen molar-refractivity contribution in [2.45, 2.75) is 51.4 Å². The van der Waals surface area contributed by atoms with Gasteiger partial charge in [0.05, 0.1) is 0 Å². The van der Waals surface area contributed by atoms with E-state index in [0.29, 0.717) is 18.1 Å². The van der Waals surface area contributed by atoms with E-state index >= 15 is 0 Å². The predicted octanol–water partition coefficient (Wildman–Crippen LogP) is 5.36. The maximum atomic E-state index is 12.2. The number of aliphatic carboxylic acids is 1. The number of unbranched alkanes of at least 4 members (excludes halogenated alkanes) is 3. The van der Waals surface area contributed by atoms with E-state index in [1.54, 1.807) is 0 Å². The first kappa shape index (κ1) is 19.2. The first-order valence-electron chi connectivity index (χ1n) is 9.25. The summed E-state index contributed by atoms with van der Waals surface area (Å²) in [4.78, 5) is 22.7. The number of ketones is 1. The number of hydrogen-bond acceptors (Lipinski definition) is 2. The van der Waals surface area contributed by atoms with Gasteiger partial charge in [0, 0.05) is 18.8 Å². The number of allylic oxidation sites excluding steroid dienone is 1. The van der Waals surface area contributed by atoms with Gasteiger partial charge in [-0.05, 0) is 42.4 Å². The fourth-order valence-electron chi connectivity index (χ4n) is 3.56. The van der Waals surface area contributed by atoms with Gasteiger partial charge in [-0.15, -0.1) is 0 Å². The Kier molecular flexibility index (Phi) is 7.65. The Morgan fingerprint density at radius 2 is 1.96 bits per heavy atom. The number of carbonyl (C=O) groups is 2. The zero-order valence-electron chi connectivity index (χ0n) is 14.8. The standard InChI is InChI=1S/C22H28O3/c1-2-17-8-7-9-18(16-17)12-13-19-14-15-21(23)20(19)10-5-3-4-6-11-22(24)25/h2,7-9,12-13,16,19-20H,1,3-6,10-11,14-15H2,(H,24,25)/t19-,20+/m0/s1. The van der Waals surface area contributed by atoms with Crippen LogP contribution >= 0.6 is 0 Å². The fourth-order valence-corrected chi connectivity index (χ4v) is 3.56. The highest BCUT2D eigenvalue weighted by Crippen LogP contribution is 2.34. The van der Waals surface area contributed by atoms with Crippen LogP contribution in [0.3, 0.4) is 0 Å². The van der Waals surface area contributed by atoms with Crippen LogP contribution < -0.4 is 0 Å². The van der Waals surface area contributed by atoms with Crippen molar-refractivity contribution in [3.63, 3.8) is 0 Å². The van der Waals surface area contributed by atoms with E-state index in [9.17, 15) is 9.59 Å². The molecule has 0 spiro atoms. The average molecular weight is 340 g/mol. The molecule has 0 amide bonds. The monoisotopic (exact) mass is 340 g/mol. The SMILES string of the molecule is C=Cc1cccc(C=C[C@H]2CCC(=O)[C@@H]2CCCCCCC(=O)O)c1. The molecule has 0 aromatic heterocycles. The van der Waals surface area contributed by atoms with Crippen LogP contribution in [0.5, 0.6) is 0 Å². The number of benzene rings is 1. The van der Waals surface area contributed by atoms with Crippen molar-refractivity contribution < 1.29 is 14.7 Å². The van der Waals surface area contributed by atoms with Crippen LogP contribution in [0.15, 0.2) is 36.9 Å². The van der Waals surface area contributed by atoms with Crippen LogP contribution in [0, 0.1) is 11.8 Å². The summed E-state index contributed by atoms with van der Waals surface area (Å²) in [7, 11) is 0. The number of carbonyl (C=O) groups excluding carboxylic acids is 1. The lowest BCUT2D eigenvalue weighted by atomic mass is 9.89. The molecule has 1 aromatic carbocycles. The molecule has 0 aliphatic heterocycles. The molecule has 1 saturated carbocycles. The first-order valence-corrected chi connectivity index (χ1v) is 9.25.